The van der Waals surface area contributed by atoms with Crippen LogP contribution in [0, 0.1) is 6.20 Å². The third-order valence-electron chi connectivity index (χ3n) is 0.396. The Morgan fingerprint density at radius 3 is 2.57 bits per heavy atom. The van der Waals surface area contributed by atoms with Crippen molar-refractivity contribution in [1.82, 2.24) is 14.5 Å². The molecule has 0 aliphatic rings. The van der Waals surface area contributed by atoms with E-state index in [1.54, 1.807) is 0 Å². The lowest BCUT2D eigenvalue weighted by molar-refractivity contribution is 0.877. The largest absolute Gasteiger partial charge is 0.182 e. The van der Waals surface area contributed by atoms with Crippen molar-refractivity contribution < 1.29 is 0 Å². The molecule has 0 aromatic carbocycles. The molecule has 0 N–H and O–H groups in total. The fraction of sp³-hybridized carbons (Fsp3) is 0. The summed E-state index contributed by atoms with van der Waals surface area (Å²) >= 11 is 10.4. The molecule has 37 valence electrons. The SMILES string of the molecule is Clc1[c]n(Cl)nn1. The molecule has 1 radical (unpaired) electrons. The zero-order chi connectivity index (χ0) is 5.28. The first-order valence-corrected chi connectivity index (χ1v) is 2.17. The Labute approximate surface area is 49.9 Å². The molecule has 0 atom stereocenters. The molecule has 1 aromatic heterocycles. The summed E-state index contributed by atoms with van der Waals surface area (Å²) < 4.78 is 0.891. The first-order chi connectivity index (χ1) is 3.29. The number of nitrogens with zero attached hydrogens (tertiary/aromatic N) is 3. The van der Waals surface area contributed by atoms with Crippen LogP contribution in [0.4, 0.5) is 0 Å². The van der Waals surface area contributed by atoms with Gasteiger partial charge in [-0.05, 0) is 5.21 Å². The van der Waals surface area contributed by atoms with Crippen molar-refractivity contribution in [1.29, 1.82) is 0 Å². The van der Waals surface area contributed by atoms with Crippen molar-refractivity contribution in [3.8, 4) is 0 Å². The average Bonchev–Trinajstić information content (AvgIpc) is 1.87. The third kappa shape index (κ3) is 1.04. The van der Waals surface area contributed by atoms with E-state index in [1.165, 1.54) is 0 Å². The average molecular weight is 137 g/mol. The maximum atomic E-state index is 5.23. The Hall–Kier alpha value is -0.280. The molecule has 0 unspecified atom stereocenters. The molecule has 0 saturated carbocycles. The van der Waals surface area contributed by atoms with E-state index < -0.39 is 0 Å². The second kappa shape index (κ2) is 1.68. The topological polar surface area (TPSA) is 30.7 Å². The number of hydrogen-bond donors (Lipinski definition) is 0. The van der Waals surface area contributed by atoms with E-state index in [9.17, 15) is 0 Å². The first kappa shape index (κ1) is 4.87. The molecule has 0 aliphatic carbocycles. The smallest absolute Gasteiger partial charge is 0.148 e. The molecular formula is C2Cl2N3. The maximum Gasteiger partial charge on any atom is 0.182 e. The Kier molecular flexibility index (Phi) is 1.17. The zero-order valence-electron chi connectivity index (χ0n) is 3.10. The van der Waals surface area contributed by atoms with Gasteiger partial charge in [-0.25, -0.2) is 0 Å². The fourth-order valence-electron chi connectivity index (χ4n) is 0.199. The lowest BCUT2D eigenvalue weighted by atomic mass is 11.0. The number of aromatic nitrogens is 3. The third-order valence-corrected chi connectivity index (χ3v) is 0.708. The van der Waals surface area contributed by atoms with Crippen LogP contribution in [0.3, 0.4) is 0 Å². The van der Waals surface area contributed by atoms with Crippen LogP contribution in [0.25, 0.3) is 0 Å². The summed E-state index contributed by atoms with van der Waals surface area (Å²) in [5, 5.41) is 6.74. The van der Waals surface area contributed by atoms with Gasteiger partial charge in [-0.2, -0.15) is 0 Å². The van der Waals surface area contributed by atoms with Crippen molar-refractivity contribution in [2.45, 2.75) is 0 Å². The van der Waals surface area contributed by atoms with Crippen LogP contribution in [-0.4, -0.2) is 14.5 Å². The van der Waals surface area contributed by atoms with Crippen LogP contribution in [-0.2, 0) is 0 Å². The van der Waals surface area contributed by atoms with Crippen molar-refractivity contribution >= 4 is 23.4 Å². The van der Waals surface area contributed by atoms with E-state index in [1.807, 2.05) is 0 Å². The van der Waals surface area contributed by atoms with Crippen molar-refractivity contribution in [3.05, 3.63) is 11.3 Å². The summed E-state index contributed by atoms with van der Waals surface area (Å²) in [5.74, 6) is 0. The van der Waals surface area contributed by atoms with E-state index in [0.717, 1.165) is 4.20 Å². The van der Waals surface area contributed by atoms with Gasteiger partial charge in [0.2, 0.25) is 0 Å². The van der Waals surface area contributed by atoms with E-state index in [2.05, 4.69) is 16.5 Å². The Morgan fingerprint density at radius 2 is 2.43 bits per heavy atom. The van der Waals surface area contributed by atoms with Gasteiger partial charge < -0.3 is 0 Å². The van der Waals surface area contributed by atoms with Gasteiger partial charge in [0.15, 0.2) is 5.15 Å². The summed E-state index contributed by atoms with van der Waals surface area (Å²) in [5.41, 5.74) is 0. The van der Waals surface area contributed by atoms with Crippen molar-refractivity contribution in [2.75, 3.05) is 0 Å². The molecule has 0 saturated heterocycles. The molecule has 0 aliphatic heterocycles. The Balaban J connectivity index is 3.04. The highest BCUT2D eigenvalue weighted by Crippen LogP contribution is 1.98. The number of halogens is 2. The molecule has 1 aromatic rings. The Morgan fingerprint density at radius 1 is 1.71 bits per heavy atom. The highest BCUT2D eigenvalue weighted by Gasteiger charge is 1.90. The van der Waals surface area contributed by atoms with E-state index >= 15 is 0 Å². The second-order valence-electron chi connectivity index (χ2n) is 0.852. The summed E-state index contributed by atoms with van der Waals surface area (Å²) in [7, 11) is 0. The summed E-state index contributed by atoms with van der Waals surface area (Å²) in [6.07, 6.45) is 2.36. The van der Waals surface area contributed by atoms with Crippen LogP contribution in [0.1, 0.15) is 0 Å². The normalized spacial score (nSPS) is 9.43. The number of hydrogen-bond acceptors (Lipinski definition) is 2. The predicted octanol–water partition coefficient (Wildman–Crippen LogP) is 0.734. The fourth-order valence-corrected chi connectivity index (χ4v) is 0.470. The zero-order valence-corrected chi connectivity index (χ0v) is 4.61. The minimum absolute atomic E-state index is 0.176. The molecule has 0 amide bonds. The van der Waals surface area contributed by atoms with Crippen LogP contribution >= 0.6 is 23.4 Å². The lowest BCUT2D eigenvalue weighted by Gasteiger charge is -1.67. The van der Waals surface area contributed by atoms with Crippen molar-refractivity contribution in [2.24, 2.45) is 0 Å². The van der Waals surface area contributed by atoms with Gasteiger partial charge in [-0.3, -0.25) is 0 Å². The molecule has 1 heterocycles. The molecule has 3 nitrogen and oxygen atoms in total. The summed E-state index contributed by atoms with van der Waals surface area (Å²) in [6, 6.07) is 0. The minimum atomic E-state index is 0.176. The standard InChI is InChI=1S/C2Cl2N3/c3-2-1-7(4)6-5-2. The van der Waals surface area contributed by atoms with Crippen molar-refractivity contribution in [3.63, 3.8) is 0 Å². The molecule has 0 spiro atoms. The van der Waals surface area contributed by atoms with E-state index in [-0.39, 0.29) is 5.15 Å². The molecular weight excluding hydrogens is 137 g/mol. The van der Waals surface area contributed by atoms with Crippen LogP contribution in [0.2, 0.25) is 5.15 Å². The first-order valence-electron chi connectivity index (χ1n) is 1.46. The van der Waals surface area contributed by atoms with E-state index in [4.69, 9.17) is 23.4 Å². The Bertz CT molecular complexity index is 143. The maximum absolute atomic E-state index is 5.23. The highest BCUT2D eigenvalue weighted by molar-refractivity contribution is 6.29. The summed E-state index contributed by atoms with van der Waals surface area (Å²) in [4.78, 5) is 0. The van der Waals surface area contributed by atoms with Gasteiger partial charge in [0.05, 0.1) is 0 Å². The van der Waals surface area contributed by atoms with Gasteiger partial charge in [-0.1, -0.05) is 11.6 Å². The molecule has 5 heteroatoms. The quantitative estimate of drug-likeness (QED) is 0.527. The van der Waals surface area contributed by atoms with Gasteiger partial charge in [0, 0.05) is 11.8 Å². The van der Waals surface area contributed by atoms with Crippen LogP contribution in [0.5, 0.6) is 0 Å². The molecule has 0 bridgehead atoms. The number of rotatable bonds is 0. The molecule has 1 rings (SSSR count). The van der Waals surface area contributed by atoms with Gasteiger partial charge in [0.1, 0.15) is 6.20 Å². The minimum Gasteiger partial charge on any atom is -0.148 e. The highest BCUT2D eigenvalue weighted by atomic mass is 35.5. The van der Waals surface area contributed by atoms with E-state index in [0.29, 0.717) is 0 Å². The molecule has 0 fully saturated rings. The van der Waals surface area contributed by atoms with Gasteiger partial charge in [0.25, 0.3) is 0 Å². The molecule has 7 heavy (non-hydrogen) atoms. The van der Waals surface area contributed by atoms with Gasteiger partial charge in [-0.15, -0.1) is 9.30 Å². The lowest BCUT2D eigenvalue weighted by Crippen LogP contribution is -1.77. The second-order valence-corrected chi connectivity index (χ2v) is 1.53. The summed E-state index contributed by atoms with van der Waals surface area (Å²) in [6.45, 7) is 0. The van der Waals surface area contributed by atoms with Crippen LogP contribution in [0.15, 0.2) is 0 Å². The van der Waals surface area contributed by atoms with Crippen LogP contribution < -0.4 is 0 Å². The van der Waals surface area contributed by atoms with Gasteiger partial charge >= 0.3 is 0 Å². The monoisotopic (exact) mass is 136 g/mol. The predicted molar refractivity (Wildman–Crippen MR) is 25.1 cm³/mol.